The highest BCUT2D eigenvalue weighted by molar-refractivity contribution is 5.76. The van der Waals surface area contributed by atoms with Crippen molar-refractivity contribution >= 4 is 12.0 Å². The van der Waals surface area contributed by atoms with Gasteiger partial charge in [-0.25, -0.2) is 4.79 Å². The molecule has 122 valence electrons. The Kier molecular flexibility index (Phi) is 5.61. The summed E-state index contributed by atoms with van der Waals surface area (Å²) in [5.41, 5.74) is -1.05. The molecule has 2 unspecified atom stereocenters. The molecule has 1 aliphatic rings. The van der Waals surface area contributed by atoms with Crippen LogP contribution in [0, 0.1) is 5.41 Å². The minimum atomic E-state index is -0.922. The van der Waals surface area contributed by atoms with E-state index in [2.05, 4.69) is 5.32 Å². The Morgan fingerprint density at radius 2 is 1.90 bits per heavy atom. The third-order valence-corrected chi connectivity index (χ3v) is 4.07. The number of hydrogen-bond donors (Lipinski definition) is 3. The second-order valence-corrected chi connectivity index (χ2v) is 7.30. The molecule has 1 fully saturated rings. The summed E-state index contributed by atoms with van der Waals surface area (Å²) >= 11 is 0. The van der Waals surface area contributed by atoms with Crippen LogP contribution in [-0.2, 0) is 4.79 Å². The van der Waals surface area contributed by atoms with Crippen molar-refractivity contribution in [2.24, 2.45) is 5.41 Å². The number of amides is 2. The van der Waals surface area contributed by atoms with Gasteiger partial charge in [0.1, 0.15) is 0 Å². The molecule has 1 saturated heterocycles. The number of carboxylic acid groups (broad SMARTS) is 1. The summed E-state index contributed by atoms with van der Waals surface area (Å²) in [6, 6.07) is -0.667. The zero-order chi connectivity index (χ0) is 16.3. The van der Waals surface area contributed by atoms with Crippen molar-refractivity contribution in [3.05, 3.63) is 0 Å². The molecule has 6 nitrogen and oxygen atoms in total. The van der Waals surface area contributed by atoms with Gasteiger partial charge in [-0.3, -0.25) is 4.79 Å². The van der Waals surface area contributed by atoms with Crippen LogP contribution in [0.3, 0.4) is 0 Å². The zero-order valence-electron chi connectivity index (χ0n) is 13.5. The Morgan fingerprint density at radius 3 is 2.43 bits per heavy atom. The smallest absolute Gasteiger partial charge is 0.317 e. The second-order valence-electron chi connectivity index (χ2n) is 7.30. The number of carbonyl (C=O) groups is 2. The summed E-state index contributed by atoms with van der Waals surface area (Å²) in [6.45, 7) is 8.60. The predicted octanol–water partition coefficient (Wildman–Crippen LogP) is 1.82. The van der Waals surface area contributed by atoms with Gasteiger partial charge in [0.05, 0.1) is 12.0 Å². The molecular formula is C15H28N2O4. The summed E-state index contributed by atoms with van der Waals surface area (Å²) in [7, 11) is 0. The molecule has 0 aromatic rings. The van der Waals surface area contributed by atoms with E-state index in [0.717, 1.165) is 6.42 Å². The average Bonchev–Trinajstić information content (AvgIpc) is 2.47. The van der Waals surface area contributed by atoms with Crippen LogP contribution >= 0.6 is 0 Å². The van der Waals surface area contributed by atoms with Crippen LogP contribution in [0.2, 0.25) is 0 Å². The molecule has 2 amide bonds. The predicted molar refractivity (Wildman–Crippen MR) is 80.1 cm³/mol. The number of likely N-dealkylation sites (tertiary alicyclic amines) is 1. The van der Waals surface area contributed by atoms with Gasteiger partial charge in [-0.05, 0) is 31.6 Å². The first-order valence-corrected chi connectivity index (χ1v) is 7.51. The van der Waals surface area contributed by atoms with Gasteiger partial charge in [-0.2, -0.15) is 0 Å². The largest absolute Gasteiger partial charge is 0.481 e. The molecule has 0 aliphatic carbocycles. The van der Waals surface area contributed by atoms with E-state index in [4.69, 9.17) is 5.11 Å². The molecule has 0 aromatic carbocycles. The molecule has 2 atom stereocenters. The number of carbonyl (C=O) groups excluding carboxylic acids is 1. The molecule has 0 radical (unpaired) electrons. The highest BCUT2D eigenvalue weighted by atomic mass is 16.4. The van der Waals surface area contributed by atoms with Gasteiger partial charge in [0.15, 0.2) is 0 Å². The highest BCUT2D eigenvalue weighted by Crippen LogP contribution is 2.24. The second kappa shape index (κ2) is 6.64. The van der Waals surface area contributed by atoms with Crippen molar-refractivity contribution in [3.8, 4) is 0 Å². The van der Waals surface area contributed by atoms with Gasteiger partial charge in [-0.15, -0.1) is 0 Å². The average molecular weight is 300 g/mol. The van der Waals surface area contributed by atoms with Crippen molar-refractivity contribution in [3.63, 3.8) is 0 Å². The van der Waals surface area contributed by atoms with E-state index in [1.807, 2.05) is 20.8 Å². The fourth-order valence-electron chi connectivity index (χ4n) is 2.46. The quantitative estimate of drug-likeness (QED) is 0.741. The molecule has 0 saturated carbocycles. The SMILES string of the molecule is CC1(O)CCCN(C(=O)NC(CC(=O)O)C(C)(C)C)CC1. The van der Waals surface area contributed by atoms with E-state index >= 15 is 0 Å². The van der Waals surface area contributed by atoms with Gasteiger partial charge in [0, 0.05) is 19.1 Å². The maximum absolute atomic E-state index is 12.3. The van der Waals surface area contributed by atoms with E-state index in [9.17, 15) is 14.7 Å². The van der Waals surface area contributed by atoms with Crippen molar-refractivity contribution < 1.29 is 19.8 Å². The molecule has 0 aromatic heterocycles. The zero-order valence-corrected chi connectivity index (χ0v) is 13.5. The number of carboxylic acids is 1. The Labute approximate surface area is 126 Å². The summed E-state index contributed by atoms with van der Waals surface area (Å²) in [4.78, 5) is 25.0. The number of nitrogens with one attached hydrogen (secondary N) is 1. The van der Waals surface area contributed by atoms with E-state index in [1.165, 1.54) is 0 Å². The van der Waals surface area contributed by atoms with Gasteiger partial charge >= 0.3 is 12.0 Å². The molecule has 1 heterocycles. The number of hydrogen-bond acceptors (Lipinski definition) is 3. The van der Waals surface area contributed by atoms with Crippen LogP contribution in [0.5, 0.6) is 0 Å². The summed E-state index contributed by atoms with van der Waals surface area (Å²) in [5, 5.41) is 21.9. The van der Waals surface area contributed by atoms with Crippen molar-refractivity contribution in [2.75, 3.05) is 13.1 Å². The molecule has 0 bridgehead atoms. The lowest BCUT2D eigenvalue weighted by atomic mass is 9.85. The summed E-state index contributed by atoms with van der Waals surface area (Å²) in [6.07, 6.45) is 1.87. The van der Waals surface area contributed by atoms with Crippen LogP contribution in [0.15, 0.2) is 0 Å². The fraction of sp³-hybridized carbons (Fsp3) is 0.867. The summed E-state index contributed by atoms with van der Waals surface area (Å²) < 4.78 is 0. The number of urea groups is 1. The number of rotatable bonds is 3. The van der Waals surface area contributed by atoms with Crippen LogP contribution < -0.4 is 5.32 Å². The lowest BCUT2D eigenvalue weighted by Crippen LogP contribution is -2.50. The van der Waals surface area contributed by atoms with Crippen LogP contribution in [0.25, 0.3) is 0 Å². The first-order valence-electron chi connectivity index (χ1n) is 7.51. The van der Waals surface area contributed by atoms with Crippen LogP contribution in [-0.4, -0.2) is 51.8 Å². The van der Waals surface area contributed by atoms with E-state index in [-0.39, 0.29) is 17.9 Å². The Balaban J connectivity index is 2.67. The minimum Gasteiger partial charge on any atom is -0.481 e. The monoisotopic (exact) mass is 300 g/mol. The number of nitrogens with zero attached hydrogens (tertiary/aromatic N) is 1. The molecule has 1 aliphatic heterocycles. The molecule has 3 N–H and O–H groups in total. The van der Waals surface area contributed by atoms with Gasteiger partial charge < -0.3 is 20.4 Å². The Hall–Kier alpha value is -1.30. The Morgan fingerprint density at radius 1 is 1.29 bits per heavy atom. The maximum Gasteiger partial charge on any atom is 0.317 e. The van der Waals surface area contributed by atoms with Crippen LogP contribution in [0.4, 0.5) is 4.79 Å². The maximum atomic E-state index is 12.3. The first-order chi connectivity index (χ1) is 9.51. The van der Waals surface area contributed by atoms with Crippen molar-refractivity contribution in [2.45, 2.75) is 65.0 Å². The lowest BCUT2D eigenvalue weighted by Gasteiger charge is -2.33. The minimum absolute atomic E-state index is 0.0964. The molecular weight excluding hydrogens is 272 g/mol. The van der Waals surface area contributed by atoms with Gasteiger partial charge in [0.2, 0.25) is 0 Å². The topological polar surface area (TPSA) is 89.9 Å². The highest BCUT2D eigenvalue weighted by Gasteiger charge is 2.32. The third kappa shape index (κ3) is 5.91. The van der Waals surface area contributed by atoms with Gasteiger partial charge in [0.25, 0.3) is 0 Å². The first kappa shape index (κ1) is 17.8. The van der Waals surface area contributed by atoms with Gasteiger partial charge in [-0.1, -0.05) is 20.8 Å². The normalized spacial score (nSPS) is 25.1. The van der Waals surface area contributed by atoms with Crippen LogP contribution in [0.1, 0.15) is 53.4 Å². The van der Waals surface area contributed by atoms with Crippen molar-refractivity contribution in [1.82, 2.24) is 10.2 Å². The third-order valence-electron chi connectivity index (χ3n) is 4.07. The lowest BCUT2D eigenvalue weighted by molar-refractivity contribution is -0.138. The van der Waals surface area contributed by atoms with E-state index in [1.54, 1.807) is 11.8 Å². The fourth-order valence-corrected chi connectivity index (χ4v) is 2.46. The van der Waals surface area contributed by atoms with E-state index < -0.39 is 17.6 Å². The molecule has 6 heteroatoms. The summed E-state index contributed by atoms with van der Waals surface area (Å²) in [5.74, 6) is -0.922. The molecule has 0 spiro atoms. The molecule has 1 rings (SSSR count). The number of aliphatic carboxylic acids is 1. The molecule has 21 heavy (non-hydrogen) atoms. The van der Waals surface area contributed by atoms with Crippen molar-refractivity contribution in [1.29, 1.82) is 0 Å². The Bertz CT molecular complexity index is 388. The standard InChI is InChI=1S/C15H28N2O4/c1-14(2,3)11(10-12(18)19)16-13(20)17-8-5-6-15(4,21)7-9-17/h11,21H,5-10H2,1-4H3,(H,16,20)(H,18,19). The van der Waals surface area contributed by atoms with E-state index in [0.29, 0.717) is 25.9 Å². The number of aliphatic hydroxyl groups is 1.